The van der Waals surface area contributed by atoms with Gasteiger partial charge in [0, 0.05) is 30.7 Å². The number of nitrogens with zero attached hydrogens (tertiary/aromatic N) is 1. The van der Waals surface area contributed by atoms with Crippen molar-refractivity contribution >= 4 is 11.6 Å². The van der Waals surface area contributed by atoms with Crippen LogP contribution in [0.5, 0.6) is 0 Å². The second kappa shape index (κ2) is 8.30. The highest BCUT2D eigenvalue weighted by molar-refractivity contribution is 5.93. The van der Waals surface area contributed by atoms with Gasteiger partial charge in [0.05, 0.1) is 0 Å². The van der Waals surface area contributed by atoms with Gasteiger partial charge in [-0.15, -0.1) is 0 Å². The van der Waals surface area contributed by atoms with Crippen LogP contribution in [0.25, 0.3) is 0 Å². The number of rotatable bonds is 6. The molecule has 0 radical (unpaired) electrons. The summed E-state index contributed by atoms with van der Waals surface area (Å²) < 4.78 is 0. The molecule has 0 bridgehead atoms. The number of amides is 1. The molecule has 0 aliphatic heterocycles. The fourth-order valence-electron chi connectivity index (χ4n) is 3.06. The van der Waals surface area contributed by atoms with Crippen LogP contribution in [0.2, 0.25) is 0 Å². The third-order valence-electron chi connectivity index (χ3n) is 4.69. The minimum atomic E-state index is -0.163. The summed E-state index contributed by atoms with van der Waals surface area (Å²) in [5, 5.41) is 3.02. The van der Waals surface area contributed by atoms with E-state index in [1.807, 2.05) is 25.1 Å². The number of nitrogens with two attached hydrogens (primary N) is 1. The average molecular weight is 303 g/mol. The molecule has 0 saturated heterocycles. The molecule has 1 fully saturated rings. The van der Waals surface area contributed by atoms with Crippen molar-refractivity contribution < 1.29 is 4.79 Å². The number of hydrogen-bond acceptors (Lipinski definition) is 3. The summed E-state index contributed by atoms with van der Waals surface area (Å²) >= 11 is 0. The zero-order chi connectivity index (χ0) is 15.9. The van der Waals surface area contributed by atoms with Crippen molar-refractivity contribution in [3.8, 4) is 0 Å². The Bertz CT molecular complexity index is 483. The van der Waals surface area contributed by atoms with Gasteiger partial charge >= 0.3 is 0 Å². The molecule has 3 N–H and O–H groups in total. The van der Waals surface area contributed by atoms with E-state index < -0.39 is 0 Å². The van der Waals surface area contributed by atoms with Gasteiger partial charge in [-0.1, -0.05) is 44.4 Å². The van der Waals surface area contributed by atoms with Crippen LogP contribution in [-0.4, -0.2) is 30.4 Å². The molecule has 1 aromatic rings. The SMILES string of the molecule is CC(CN)C(=O)Nc1ccccc1CN(C)C1CCCCC1. The maximum atomic E-state index is 12.1. The van der Waals surface area contributed by atoms with E-state index in [0.29, 0.717) is 12.6 Å². The summed E-state index contributed by atoms with van der Waals surface area (Å²) in [4.78, 5) is 14.5. The second-order valence-electron chi connectivity index (χ2n) is 6.49. The van der Waals surface area contributed by atoms with Crippen LogP contribution in [0.4, 0.5) is 5.69 Å². The van der Waals surface area contributed by atoms with E-state index in [4.69, 9.17) is 5.73 Å². The van der Waals surface area contributed by atoms with E-state index in [-0.39, 0.29) is 11.8 Å². The first-order chi connectivity index (χ1) is 10.6. The van der Waals surface area contributed by atoms with Crippen LogP contribution in [-0.2, 0) is 11.3 Å². The van der Waals surface area contributed by atoms with Crippen LogP contribution in [0, 0.1) is 5.92 Å². The first-order valence-electron chi connectivity index (χ1n) is 8.41. The van der Waals surface area contributed by atoms with E-state index in [0.717, 1.165) is 12.2 Å². The number of hydrogen-bond donors (Lipinski definition) is 2. The zero-order valence-corrected chi connectivity index (χ0v) is 13.8. The Labute approximate surface area is 134 Å². The van der Waals surface area contributed by atoms with Crippen LogP contribution < -0.4 is 11.1 Å². The molecule has 2 rings (SSSR count). The predicted molar refractivity (Wildman–Crippen MR) is 91.6 cm³/mol. The lowest BCUT2D eigenvalue weighted by molar-refractivity contribution is -0.119. The average Bonchev–Trinajstić information content (AvgIpc) is 2.56. The van der Waals surface area contributed by atoms with Gasteiger partial charge in [0.2, 0.25) is 5.91 Å². The zero-order valence-electron chi connectivity index (χ0n) is 13.8. The number of nitrogens with one attached hydrogen (secondary N) is 1. The van der Waals surface area contributed by atoms with E-state index in [9.17, 15) is 4.79 Å². The molecular formula is C18H29N3O. The van der Waals surface area contributed by atoms with Crippen LogP contribution in [0.1, 0.15) is 44.6 Å². The van der Waals surface area contributed by atoms with Crippen molar-refractivity contribution in [3.05, 3.63) is 29.8 Å². The van der Waals surface area contributed by atoms with E-state index in [1.54, 1.807) is 0 Å². The Morgan fingerprint density at radius 1 is 1.32 bits per heavy atom. The highest BCUT2D eigenvalue weighted by atomic mass is 16.1. The molecule has 1 saturated carbocycles. The number of carbonyl (C=O) groups excluding carboxylic acids is 1. The fourth-order valence-corrected chi connectivity index (χ4v) is 3.06. The van der Waals surface area contributed by atoms with Gasteiger partial charge in [-0.3, -0.25) is 9.69 Å². The maximum absolute atomic E-state index is 12.1. The van der Waals surface area contributed by atoms with Gasteiger partial charge in [-0.25, -0.2) is 0 Å². The Morgan fingerprint density at radius 2 is 2.00 bits per heavy atom. The Kier molecular flexibility index (Phi) is 6.40. The van der Waals surface area contributed by atoms with Gasteiger partial charge in [-0.2, -0.15) is 0 Å². The Balaban J connectivity index is 2.02. The first-order valence-corrected chi connectivity index (χ1v) is 8.41. The summed E-state index contributed by atoms with van der Waals surface area (Å²) in [6.45, 7) is 3.10. The van der Waals surface area contributed by atoms with Gasteiger partial charge in [0.1, 0.15) is 0 Å². The second-order valence-corrected chi connectivity index (χ2v) is 6.49. The van der Waals surface area contributed by atoms with E-state index >= 15 is 0 Å². The first kappa shape index (κ1) is 17.0. The monoisotopic (exact) mass is 303 g/mol. The maximum Gasteiger partial charge on any atom is 0.228 e. The highest BCUT2D eigenvalue weighted by Crippen LogP contribution is 2.25. The van der Waals surface area contributed by atoms with Crippen molar-refractivity contribution in [1.29, 1.82) is 0 Å². The molecule has 0 heterocycles. The third-order valence-corrected chi connectivity index (χ3v) is 4.69. The third kappa shape index (κ3) is 4.55. The molecule has 1 atom stereocenters. The number of carbonyl (C=O) groups is 1. The van der Waals surface area contributed by atoms with Crippen LogP contribution >= 0.6 is 0 Å². The van der Waals surface area contributed by atoms with Crippen LogP contribution in [0.15, 0.2) is 24.3 Å². The quantitative estimate of drug-likeness (QED) is 0.849. The molecule has 4 nitrogen and oxygen atoms in total. The number of para-hydroxylation sites is 1. The van der Waals surface area contributed by atoms with Crippen molar-refractivity contribution in [2.75, 3.05) is 18.9 Å². The van der Waals surface area contributed by atoms with Gasteiger partial charge < -0.3 is 11.1 Å². The molecule has 1 amide bonds. The predicted octanol–water partition coefficient (Wildman–Crippen LogP) is 2.98. The summed E-state index contributed by atoms with van der Waals surface area (Å²) in [6, 6.07) is 8.74. The topological polar surface area (TPSA) is 58.4 Å². The number of anilines is 1. The molecule has 22 heavy (non-hydrogen) atoms. The molecule has 4 heteroatoms. The lowest BCUT2D eigenvalue weighted by atomic mass is 9.94. The number of benzene rings is 1. The van der Waals surface area contributed by atoms with Crippen molar-refractivity contribution in [2.45, 2.75) is 51.6 Å². The Hall–Kier alpha value is -1.39. The van der Waals surface area contributed by atoms with Crippen molar-refractivity contribution in [3.63, 3.8) is 0 Å². The highest BCUT2D eigenvalue weighted by Gasteiger charge is 2.19. The van der Waals surface area contributed by atoms with Gasteiger partial charge in [-0.05, 0) is 31.5 Å². The minimum absolute atomic E-state index is 0.00438. The Morgan fingerprint density at radius 3 is 2.68 bits per heavy atom. The summed E-state index contributed by atoms with van der Waals surface area (Å²) in [5.41, 5.74) is 7.66. The van der Waals surface area contributed by atoms with Gasteiger partial charge in [0.25, 0.3) is 0 Å². The lowest BCUT2D eigenvalue weighted by Crippen LogP contribution is -2.33. The normalized spacial score (nSPS) is 17.5. The van der Waals surface area contributed by atoms with Crippen molar-refractivity contribution in [1.82, 2.24) is 4.90 Å². The summed E-state index contributed by atoms with van der Waals surface area (Å²) in [6.07, 6.45) is 6.61. The van der Waals surface area contributed by atoms with Crippen LogP contribution in [0.3, 0.4) is 0 Å². The molecule has 122 valence electrons. The molecule has 0 spiro atoms. The summed E-state index contributed by atoms with van der Waals surface area (Å²) in [5.74, 6) is -0.167. The largest absolute Gasteiger partial charge is 0.330 e. The molecule has 1 aliphatic carbocycles. The van der Waals surface area contributed by atoms with E-state index in [2.05, 4.69) is 23.3 Å². The molecular weight excluding hydrogens is 274 g/mol. The van der Waals surface area contributed by atoms with Gasteiger partial charge in [0.15, 0.2) is 0 Å². The van der Waals surface area contributed by atoms with Crippen molar-refractivity contribution in [2.24, 2.45) is 11.7 Å². The fraction of sp³-hybridized carbons (Fsp3) is 0.611. The lowest BCUT2D eigenvalue weighted by Gasteiger charge is -2.31. The molecule has 0 aromatic heterocycles. The van der Waals surface area contributed by atoms with E-state index in [1.165, 1.54) is 37.7 Å². The molecule has 1 aromatic carbocycles. The summed E-state index contributed by atoms with van der Waals surface area (Å²) in [7, 11) is 2.19. The standard InChI is InChI=1S/C18H29N3O/c1-14(12-19)18(22)20-17-11-7-6-8-15(17)13-21(2)16-9-4-3-5-10-16/h6-8,11,14,16H,3-5,9-10,12-13,19H2,1-2H3,(H,20,22). The minimum Gasteiger partial charge on any atom is -0.330 e. The molecule has 1 aliphatic rings. The smallest absolute Gasteiger partial charge is 0.228 e. The molecule has 1 unspecified atom stereocenters.